The standard InChI is InChI=1S/C21H24FN5/c1-27(2)13-12-23-20-14-19(16-8-4-3-5-9-16)25-21(26-20)24-15-17-10-6-7-11-18(17)22/h3-11,14H,12-13,15H2,1-2H3,(H2,23,24,25,26). The summed E-state index contributed by atoms with van der Waals surface area (Å²) in [6.07, 6.45) is 0. The van der Waals surface area contributed by atoms with Gasteiger partial charge in [-0.2, -0.15) is 4.98 Å². The van der Waals surface area contributed by atoms with Gasteiger partial charge >= 0.3 is 0 Å². The van der Waals surface area contributed by atoms with E-state index in [0.717, 1.165) is 30.2 Å². The molecule has 0 spiro atoms. The molecule has 0 bridgehead atoms. The summed E-state index contributed by atoms with van der Waals surface area (Å²) in [6.45, 7) is 1.98. The zero-order chi connectivity index (χ0) is 19.1. The second kappa shape index (κ2) is 9.09. The van der Waals surface area contributed by atoms with Gasteiger partial charge in [0.2, 0.25) is 5.95 Å². The van der Waals surface area contributed by atoms with E-state index in [9.17, 15) is 4.39 Å². The first-order chi connectivity index (χ1) is 13.1. The molecule has 0 aliphatic carbocycles. The maximum atomic E-state index is 13.9. The number of likely N-dealkylation sites (N-methyl/N-ethyl adjacent to an activating group) is 1. The van der Waals surface area contributed by atoms with Gasteiger partial charge in [0.05, 0.1) is 5.69 Å². The molecule has 0 amide bonds. The van der Waals surface area contributed by atoms with Crippen LogP contribution in [0.25, 0.3) is 11.3 Å². The molecule has 0 unspecified atom stereocenters. The lowest BCUT2D eigenvalue weighted by molar-refractivity contribution is 0.425. The zero-order valence-electron chi connectivity index (χ0n) is 15.6. The molecule has 6 heteroatoms. The minimum absolute atomic E-state index is 0.242. The van der Waals surface area contributed by atoms with Gasteiger partial charge in [0, 0.05) is 36.8 Å². The molecule has 2 aromatic carbocycles. The molecule has 140 valence electrons. The Labute approximate surface area is 159 Å². The van der Waals surface area contributed by atoms with Crippen molar-refractivity contribution in [2.24, 2.45) is 0 Å². The van der Waals surface area contributed by atoms with Gasteiger partial charge in [-0.25, -0.2) is 9.37 Å². The third-order valence-corrected chi connectivity index (χ3v) is 4.06. The fraction of sp³-hybridized carbons (Fsp3) is 0.238. The van der Waals surface area contributed by atoms with Gasteiger partial charge in [0.1, 0.15) is 11.6 Å². The zero-order valence-corrected chi connectivity index (χ0v) is 15.6. The highest BCUT2D eigenvalue weighted by atomic mass is 19.1. The van der Waals surface area contributed by atoms with E-state index in [-0.39, 0.29) is 5.82 Å². The first-order valence-electron chi connectivity index (χ1n) is 8.92. The second-order valence-electron chi connectivity index (χ2n) is 6.50. The normalized spacial score (nSPS) is 10.8. The summed E-state index contributed by atoms with van der Waals surface area (Å²) in [7, 11) is 4.05. The summed E-state index contributed by atoms with van der Waals surface area (Å²) in [5, 5.41) is 6.47. The number of halogens is 1. The maximum Gasteiger partial charge on any atom is 0.225 e. The summed E-state index contributed by atoms with van der Waals surface area (Å²) in [5.74, 6) is 0.960. The van der Waals surface area contributed by atoms with Gasteiger partial charge in [-0.15, -0.1) is 0 Å². The first-order valence-corrected chi connectivity index (χ1v) is 8.92. The first kappa shape index (κ1) is 18.8. The molecule has 0 saturated heterocycles. The summed E-state index contributed by atoms with van der Waals surface area (Å²) in [6, 6.07) is 18.6. The van der Waals surface area contributed by atoms with Crippen LogP contribution in [0.2, 0.25) is 0 Å². The number of nitrogens with zero attached hydrogens (tertiary/aromatic N) is 3. The molecule has 0 aliphatic heterocycles. The molecular formula is C21H24FN5. The van der Waals surface area contributed by atoms with Crippen molar-refractivity contribution in [3.8, 4) is 11.3 Å². The number of aromatic nitrogens is 2. The van der Waals surface area contributed by atoms with Gasteiger partial charge in [-0.05, 0) is 20.2 Å². The van der Waals surface area contributed by atoms with Crippen molar-refractivity contribution >= 4 is 11.8 Å². The van der Waals surface area contributed by atoms with Crippen molar-refractivity contribution in [1.82, 2.24) is 14.9 Å². The Balaban J connectivity index is 1.81. The number of nitrogens with one attached hydrogen (secondary N) is 2. The highest BCUT2D eigenvalue weighted by Gasteiger charge is 2.08. The Kier molecular flexibility index (Phi) is 6.33. The van der Waals surface area contributed by atoms with Crippen LogP contribution in [0, 0.1) is 5.82 Å². The van der Waals surface area contributed by atoms with Gasteiger partial charge in [-0.3, -0.25) is 0 Å². The molecule has 0 saturated carbocycles. The van der Waals surface area contributed by atoms with Crippen molar-refractivity contribution in [1.29, 1.82) is 0 Å². The molecule has 27 heavy (non-hydrogen) atoms. The van der Waals surface area contributed by atoms with E-state index in [1.807, 2.05) is 56.6 Å². The lowest BCUT2D eigenvalue weighted by Crippen LogP contribution is -2.21. The van der Waals surface area contributed by atoms with Gasteiger partial charge < -0.3 is 15.5 Å². The van der Waals surface area contributed by atoms with E-state index in [1.54, 1.807) is 12.1 Å². The predicted molar refractivity (Wildman–Crippen MR) is 108 cm³/mol. The van der Waals surface area contributed by atoms with Crippen LogP contribution in [0.5, 0.6) is 0 Å². The summed E-state index contributed by atoms with van der Waals surface area (Å²) in [5.41, 5.74) is 2.40. The van der Waals surface area contributed by atoms with Gasteiger partial charge in [0.15, 0.2) is 0 Å². The van der Waals surface area contributed by atoms with Crippen LogP contribution in [-0.2, 0) is 6.54 Å². The van der Waals surface area contributed by atoms with E-state index in [0.29, 0.717) is 18.1 Å². The number of benzene rings is 2. The third-order valence-electron chi connectivity index (χ3n) is 4.06. The van der Waals surface area contributed by atoms with Crippen LogP contribution in [0.15, 0.2) is 60.7 Å². The topological polar surface area (TPSA) is 53.1 Å². The van der Waals surface area contributed by atoms with E-state index < -0.39 is 0 Å². The number of rotatable bonds is 8. The van der Waals surface area contributed by atoms with Crippen LogP contribution >= 0.6 is 0 Å². The molecule has 0 atom stereocenters. The molecular weight excluding hydrogens is 341 g/mol. The molecule has 2 N–H and O–H groups in total. The van der Waals surface area contributed by atoms with E-state index in [2.05, 4.69) is 25.5 Å². The molecule has 1 heterocycles. The Hall–Kier alpha value is -2.99. The Bertz CT molecular complexity index is 867. The van der Waals surface area contributed by atoms with E-state index >= 15 is 0 Å². The van der Waals surface area contributed by atoms with Crippen LogP contribution in [0.4, 0.5) is 16.2 Å². The summed E-state index contributed by atoms with van der Waals surface area (Å²) >= 11 is 0. The molecule has 0 fully saturated rings. The van der Waals surface area contributed by atoms with Crippen LogP contribution in [0.1, 0.15) is 5.56 Å². The van der Waals surface area contributed by atoms with Crippen LogP contribution < -0.4 is 10.6 Å². The monoisotopic (exact) mass is 365 g/mol. The van der Waals surface area contributed by atoms with E-state index in [4.69, 9.17) is 0 Å². The minimum Gasteiger partial charge on any atom is -0.369 e. The molecule has 3 aromatic rings. The molecule has 5 nitrogen and oxygen atoms in total. The van der Waals surface area contributed by atoms with Crippen molar-refractivity contribution in [3.05, 3.63) is 72.0 Å². The van der Waals surface area contributed by atoms with Gasteiger partial charge in [-0.1, -0.05) is 48.5 Å². The van der Waals surface area contributed by atoms with Crippen molar-refractivity contribution in [3.63, 3.8) is 0 Å². The van der Waals surface area contributed by atoms with E-state index in [1.165, 1.54) is 6.07 Å². The third kappa shape index (κ3) is 5.49. The molecule has 0 radical (unpaired) electrons. The summed E-state index contributed by atoms with van der Waals surface area (Å²) in [4.78, 5) is 11.2. The molecule has 1 aromatic heterocycles. The second-order valence-corrected chi connectivity index (χ2v) is 6.50. The van der Waals surface area contributed by atoms with Crippen molar-refractivity contribution in [2.45, 2.75) is 6.54 Å². The maximum absolute atomic E-state index is 13.9. The smallest absolute Gasteiger partial charge is 0.225 e. The highest BCUT2D eigenvalue weighted by Crippen LogP contribution is 2.21. The lowest BCUT2D eigenvalue weighted by atomic mass is 10.1. The Morgan fingerprint density at radius 1 is 0.926 bits per heavy atom. The van der Waals surface area contributed by atoms with Gasteiger partial charge in [0.25, 0.3) is 0 Å². The Morgan fingerprint density at radius 3 is 2.41 bits per heavy atom. The SMILES string of the molecule is CN(C)CCNc1cc(-c2ccccc2)nc(NCc2ccccc2F)n1. The summed E-state index contributed by atoms with van der Waals surface area (Å²) < 4.78 is 13.9. The fourth-order valence-electron chi connectivity index (χ4n) is 2.60. The van der Waals surface area contributed by atoms with Crippen molar-refractivity contribution < 1.29 is 4.39 Å². The Morgan fingerprint density at radius 2 is 1.67 bits per heavy atom. The largest absolute Gasteiger partial charge is 0.369 e. The fourth-order valence-corrected chi connectivity index (χ4v) is 2.60. The minimum atomic E-state index is -0.242. The van der Waals surface area contributed by atoms with Crippen molar-refractivity contribution in [2.75, 3.05) is 37.8 Å². The number of anilines is 2. The molecule has 3 rings (SSSR count). The average molecular weight is 365 g/mol. The highest BCUT2D eigenvalue weighted by molar-refractivity contribution is 5.64. The number of hydrogen-bond acceptors (Lipinski definition) is 5. The predicted octanol–water partition coefficient (Wildman–Crippen LogP) is 3.87. The number of hydrogen-bond donors (Lipinski definition) is 2. The van der Waals surface area contributed by atoms with Crippen LogP contribution in [0.3, 0.4) is 0 Å². The molecule has 0 aliphatic rings. The van der Waals surface area contributed by atoms with Crippen LogP contribution in [-0.4, -0.2) is 42.1 Å². The lowest BCUT2D eigenvalue weighted by Gasteiger charge is -2.13. The quantitative estimate of drug-likeness (QED) is 0.635. The average Bonchev–Trinajstić information content (AvgIpc) is 2.68.